The predicted molar refractivity (Wildman–Crippen MR) is 102 cm³/mol. The fourth-order valence-electron chi connectivity index (χ4n) is 3.15. The third kappa shape index (κ3) is 4.50. The molecule has 3 rings (SSSR count). The van der Waals surface area contributed by atoms with Crippen LogP contribution in [-0.4, -0.2) is 32.7 Å². The quantitative estimate of drug-likeness (QED) is 0.874. The molecular formula is C20H26N2O3S. The summed E-state index contributed by atoms with van der Waals surface area (Å²) in [6, 6.07) is 10.8. The van der Waals surface area contributed by atoms with Crippen molar-refractivity contribution in [3.63, 3.8) is 0 Å². The zero-order valence-corrected chi connectivity index (χ0v) is 16.3. The zero-order chi connectivity index (χ0) is 18.8. The van der Waals surface area contributed by atoms with Crippen LogP contribution in [0.2, 0.25) is 0 Å². The van der Waals surface area contributed by atoms with Crippen molar-refractivity contribution >= 4 is 10.0 Å². The third-order valence-electron chi connectivity index (χ3n) is 4.78. The second kappa shape index (κ2) is 7.47. The maximum Gasteiger partial charge on any atom is 0.240 e. The highest BCUT2D eigenvalue weighted by Gasteiger charge is 2.32. The highest BCUT2D eigenvalue weighted by molar-refractivity contribution is 7.89. The summed E-state index contributed by atoms with van der Waals surface area (Å²) in [4.78, 5) is 4.31. The van der Waals surface area contributed by atoms with Crippen LogP contribution in [0, 0.1) is 5.92 Å². The molecule has 1 saturated heterocycles. The first-order chi connectivity index (χ1) is 12.3. The summed E-state index contributed by atoms with van der Waals surface area (Å²) >= 11 is 0. The SMILES string of the molecule is CC(C)(C)c1ccc(S(=O)(=O)N[C@H]2COC[C@H]2Cc2ccncc2)cc1. The maximum absolute atomic E-state index is 12.8. The summed E-state index contributed by atoms with van der Waals surface area (Å²) < 4.78 is 33.9. The monoisotopic (exact) mass is 374 g/mol. The van der Waals surface area contributed by atoms with E-state index in [4.69, 9.17) is 4.74 Å². The summed E-state index contributed by atoms with van der Waals surface area (Å²) in [5, 5.41) is 0. The lowest BCUT2D eigenvalue weighted by molar-refractivity contribution is 0.183. The van der Waals surface area contributed by atoms with Crippen LogP contribution in [0.15, 0.2) is 53.7 Å². The van der Waals surface area contributed by atoms with E-state index < -0.39 is 10.0 Å². The summed E-state index contributed by atoms with van der Waals surface area (Å²) in [5.74, 6) is 0.112. The summed E-state index contributed by atoms with van der Waals surface area (Å²) in [7, 11) is -3.57. The highest BCUT2D eigenvalue weighted by atomic mass is 32.2. The molecule has 0 radical (unpaired) electrons. The Morgan fingerprint density at radius 2 is 1.73 bits per heavy atom. The third-order valence-corrected chi connectivity index (χ3v) is 6.29. The van der Waals surface area contributed by atoms with Crippen molar-refractivity contribution in [2.75, 3.05) is 13.2 Å². The largest absolute Gasteiger partial charge is 0.379 e. The molecular weight excluding hydrogens is 348 g/mol. The van der Waals surface area contributed by atoms with Crippen LogP contribution in [0.3, 0.4) is 0 Å². The fraction of sp³-hybridized carbons (Fsp3) is 0.450. The van der Waals surface area contributed by atoms with Gasteiger partial charge in [0.25, 0.3) is 0 Å². The molecule has 2 atom stereocenters. The van der Waals surface area contributed by atoms with Gasteiger partial charge in [0.2, 0.25) is 10.0 Å². The molecule has 140 valence electrons. The van der Waals surface area contributed by atoms with Gasteiger partial charge in [0.1, 0.15) is 0 Å². The van der Waals surface area contributed by atoms with Crippen LogP contribution in [0.1, 0.15) is 31.9 Å². The Morgan fingerprint density at radius 1 is 1.08 bits per heavy atom. The van der Waals surface area contributed by atoms with Crippen LogP contribution in [0.5, 0.6) is 0 Å². The average Bonchev–Trinajstić information content (AvgIpc) is 3.01. The smallest absolute Gasteiger partial charge is 0.240 e. The van der Waals surface area contributed by atoms with E-state index in [0.717, 1.165) is 17.5 Å². The van der Waals surface area contributed by atoms with E-state index in [1.807, 2.05) is 24.3 Å². The van der Waals surface area contributed by atoms with Gasteiger partial charge in [-0.15, -0.1) is 0 Å². The first-order valence-corrected chi connectivity index (χ1v) is 10.3. The Labute approximate surface area is 155 Å². The lowest BCUT2D eigenvalue weighted by atomic mass is 9.87. The van der Waals surface area contributed by atoms with Crippen LogP contribution in [-0.2, 0) is 26.6 Å². The number of aromatic nitrogens is 1. The van der Waals surface area contributed by atoms with Crippen molar-refractivity contribution in [1.82, 2.24) is 9.71 Å². The Kier molecular flexibility index (Phi) is 5.46. The molecule has 1 aliphatic rings. The number of hydrogen-bond acceptors (Lipinski definition) is 4. The van der Waals surface area contributed by atoms with E-state index in [2.05, 4.69) is 30.5 Å². The van der Waals surface area contributed by atoms with Gasteiger partial charge in [-0.25, -0.2) is 13.1 Å². The van der Waals surface area contributed by atoms with Gasteiger partial charge in [-0.1, -0.05) is 32.9 Å². The Bertz CT molecular complexity index is 828. The fourth-order valence-corrected chi connectivity index (χ4v) is 4.44. The topological polar surface area (TPSA) is 68.3 Å². The molecule has 2 heterocycles. The molecule has 0 unspecified atom stereocenters. The van der Waals surface area contributed by atoms with Crippen LogP contribution in [0.4, 0.5) is 0 Å². The maximum atomic E-state index is 12.8. The molecule has 0 saturated carbocycles. The van der Waals surface area contributed by atoms with Gasteiger partial charge in [-0.3, -0.25) is 4.98 Å². The van der Waals surface area contributed by atoms with Crippen molar-refractivity contribution in [2.45, 2.75) is 43.5 Å². The Morgan fingerprint density at radius 3 is 2.35 bits per heavy atom. The number of ether oxygens (including phenoxy) is 1. The lowest BCUT2D eigenvalue weighted by Gasteiger charge is -2.21. The normalized spacial score (nSPS) is 21.0. The number of benzene rings is 1. The van der Waals surface area contributed by atoms with Crippen molar-refractivity contribution in [1.29, 1.82) is 0 Å². The number of sulfonamides is 1. The molecule has 26 heavy (non-hydrogen) atoms. The lowest BCUT2D eigenvalue weighted by Crippen LogP contribution is -2.40. The minimum absolute atomic E-state index is 0.00928. The molecule has 0 amide bonds. The Balaban J connectivity index is 1.72. The van der Waals surface area contributed by atoms with Gasteiger partial charge in [0.05, 0.1) is 24.2 Å². The van der Waals surface area contributed by atoms with Crippen LogP contribution < -0.4 is 4.72 Å². The molecule has 1 aromatic carbocycles. The standard InChI is InChI=1S/C20H26N2O3S/c1-20(2,3)17-4-6-18(7-5-17)26(23,24)22-19-14-25-13-16(19)12-15-8-10-21-11-9-15/h4-11,16,19,22H,12-14H2,1-3H3/t16-,19+/m1/s1. The van der Waals surface area contributed by atoms with Gasteiger partial charge in [0.15, 0.2) is 0 Å². The van der Waals surface area contributed by atoms with Gasteiger partial charge < -0.3 is 4.74 Å². The van der Waals surface area contributed by atoms with Gasteiger partial charge in [0, 0.05) is 18.3 Å². The summed E-state index contributed by atoms with van der Waals surface area (Å²) in [6.45, 7) is 7.27. The molecule has 1 aliphatic heterocycles. The van der Waals surface area contributed by atoms with Crippen molar-refractivity contribution in [3.8, 4) is 0 Å². The summed E-state index contributed by atoms with van der Waals surface area (Å²) in [6.07, 6.45) is 4.26. The van der Waals surface area contributed by atoms with E-state index in [-0.39, 0.29) is 17.4 Å². The van der Waals surface area contributed by atoms with Gasteiger partial charge in [-0.2, -0.15) is 0 Å². The summed E-state index contributed by atoms with van der Waals surface area (Å²) in [5.41, 5.74) is 2.23. The van der Waals surface area contributed by atoms with E-state index in [0.29, 0.717) is 18.1 Å². The first-order valence-electron chi connectivity index (χ1n) is 8.85. The van der Waals surface area contributed by atoms with Gasteiger partial charge >= 0.3 is 0 Å². The van der Waals surface area contributed by atoms with E-state index in [9.17, 15) is 8.42 Å². The first kappa shape index (κ1) is 19.0. The number of nitrogens with zero attached hydrogens (tertiary/aromatic N) is 1. The zero-order valence-electron chi connectivity index (χ0n) is 15.5. The molecule has 0 bridgehead atoms. The minimum atomic E-state index is -3.57. The van der Waals surface area contributed by atoms with E-state index in [1.165, 1.54) is 0 Å². The number of rotatable bonds is 5. The Hall–Kier alpha value is -1.76. The second-order valence-electron chi connectivity index (χ2n) is 7.86. The number of pyridine rings is 1. The molecule has 1 fully saturated rings. The minimum Gasteiger partial charge on any atom is -0.379 e. The van der Waals surface area contributed by atoms with Crippen molar-refractivity contribution in [3.05, 3.63) is 59.9 Å². The average molecular weight is 375 g/mol. The highest BCUT2D eigenvalue weighted by Crippen LogP contribution is 2.25. The molecule has 5 nitrogen and oxygen atoms in total. The van der Waals surface area contributed by atoms with Crippen LogP contribution >= 0.6 is 0 Å². The molecule has 1 N–H and O–H groups in total. The molecule has 1 aromatic heterocycles. The van der Waals surface area contributed by atoms with Crippen LogP contribution in [0.25, 0.3) is 0 Å². The molecule has 6 heteroatoms. The molecule has 0 spiro atoms. The predicted octanol–water partition coefficient (Wildman–Crippen LogP) is 2.92. The second-order valence-corrected chi connectivity index (χ2v) is 9.57. The number of nitrogens with one attached hydrogen (secondary N) is 1. The van der Waals surface area contributed by atoms with Crippen molar-refractivity contribution in [2.24, 2.45) is 5.92 Å². The number of hydrogen-bond donors (Lipinski definition) is 1. The molecule has 0 aliphatic carbocycles. The van der Waals surface area contributed by atoms with Crippen molar-refractivity contribution < 1.29 is 13.2 Å². The molecule has 2 aromatic rings. The van der Waals surface area contributed by atoms with E-state index >= 15 is 0 Å². The van der Waals surface area contributed by atoms with Gasteiger partial charge in [-0.05, 0) is 47.2 Å². The van der Waals surface area contributed by atoms with E-state index in [1.54, 1.807) is 24.5 Å².